The minimum atomic E-state index is -0.507. The molecule has 2 aromatic carbocycles. The predicted octanol–water partition coefficient (Wildman–Crippen LogP) is 3.44. The number of amides is 2. The smallest absolute Gasteiger partial charge is 0.259 e. The number of carbonyl (C=O) groups is 2. The molecule has 1 aliphatic rings. The molecule has 2 amide bonds. The molecule has 164 valence electrons. The molecular weight excluding hydrogens is 411 g/mol. The monoisotopic (exact) mass is 434 g/mol. The van der Waals surface area contributed by atoms with E-state index in [9.17, 15) is 14.0 Å². The van der Waals surface area contributed by atoms with Gasteiger partial charge in [-0.05, 0) is 36.4 Å². The van der Waals surface area contributed by atoms with Gasteiger partial charge in [0.2, 0.25) is 0 Å². The number of ether oxygens (including phenoxy) is 1. The zero-order valence-electron chi connectivity index (χ0n) is 17.6. The van der Waals surface area contributed by atoms with E-state index in [-0.39, 0.29) is 17.4 Å². The standard InChI is InChI=1S/C24H23FN4O3/c1-32-21-9-5-3-7-19(21)23(30)27-17-10-11-22(26-16-17)28-12-14-29(15-13-28)24(31)18-6-2-4-8-20(18)25/h2-11,16H,12-15H2,1H3,(H,27,30). The maximum absolute atomic E-state index is 13.9. The number of methoxy groups -OCH3 is 1. The van der Waals surface area contributed by atoms with E-state index in [2.05, 4.69) is 15.2 Å². The number of hydrogen-bond acceptors (Lipinski definition) is 5. The average molecular weight is 434 g/mol. The van der Waals surface area contributed by atoms with Gasteiger partial charge < -0.3 is 19.9 Å². The predicted molar refractivity (Wildman–Crippen MR) is 120 cm³/mol. The van der Waals surface area contributed by atoms with Gasteiger partial charge in [0.15, 0.2) is 0 Å². The van der Waals surface area contributed by atoms with Crippen LogP contribution in [0.2, 0.25) is 0 Å². The molecule has 0 bridgehead atoms. The van der Waals surface area contributed by atoms with E-state index in [1.165, 1.54) is 19.2 Å². The van der Waals surface area contributed by atoms with Crippen molar-refractivity contribution in [1.82, 2.24) is 9.88 Å². The summed E-state index contributed by atoms with van der Waals surface area (Å²) in [6, 6.07) is 16.6. The summed E-state index contributed by atoms with van der Waals surface area (Å²) in [7, 11) is 1.52. The number of piperazine rings is 1. The van der Waals surface area contributed by atoms with Gasteiger partial charge in [-0.25, -0.2) is 9.37 Å². The van der Waals surface area contributed by atoms with Gasteiger partial charge in [0.1, 0.15) is 17.4 Å². The van der Waals surface area contributed by atoms with E-state index >= 15 is 0 Å². The molecule has 0 radical (unpaired) electrons. The Hall–Kier alpha value is -3.94. The number of anilines is 2. The third-order valence-corrected chi connectivity index (χ3v) is 5.35. The number of halogens is 1. The molecule has 0 spiro atoms. The van der Waals surface area contributed by atoms with Gasteiger partial charge >= 0.3 is 0 Å². The molecule has 2 heterocycles. The molecule has 1 aliphatic heterocycles. The van der Waals surface area contributed by atoms with E-state index in [4.69, 9.17) is 4.74 Å². The first-order valence-electron chi connectivity index (χ1n) is 10.3. The Kier molecular flexibility index (Phi) is 6.30. The van der Waals surface area contributed by atoms with Gasteiger partial charge in [-0.3, -0.25) is 9.59 Å². The molecule has 0 aliphatic carbocycles. The molecular formula is C24H23FN4O3. The number of nitrogens with zero attached hydrogens (tertiary/aromatic N) is 3. The van der Waals surface area contributed by atoms with E-state index in [0.717, 1.165) is 5.82 Å². The van der Waals surface area contributed by atoms with Crippen LogP contribution < -0.4 is 15.0 Å². The van der Waals surface area contributed by atoms with Crippen molar-refractivity contribution in [3.63, 3.8) is 0 Å². The summed E-state index contributed by atoms with van der Waals surface area (Å²) in [5, 5.41) is 2.82. The van der Waals surface area contributed by atoms with Gasteiger partial charge in [0.25, 0.3) is 11.8 Å². The van der Waals surface area contributed by atoms with Crippen molar-refractivity contribution in [3.8, 4) is 5.75 Å². The van der Waals surface area contributed by atoms with Crippen LogP contribution in [0.15, 0.2) is 66.9 Å². The summed E-state index contributed by atoms with van der Waals surface area (Å²) in [5.41, 5.74) is 1.10. The molecule has 7 nitrogen and oxygen atoms in total. The fourth-order valence-electron chi connectivity index (χ4n) is 3.62. The van der Waals surface area contributed by atoms with Crippen LogP contribution in [-0.4, -0.2) is 55.0 Å². The Morgan fingerprint density at radius 3 is 2.28 bits per heavy atom. The fourth-order valence-corrected chi connectivity index (χ4v) is 3.62. The lowest BCUT2D eigenvalue weighted by molar-refractivity contribution is 0.0741. The maximum atomic E-state index is 13.9. The minimum absolute atomic E-state index is 0.0919. The highest BCUT2D eigenvalue weighted by atomic mass is 19.1. The normalized spacial score (nSPS) is 13.6. The van der Waals surface area contributed by atoms with Crippen molar-refractivity contribution >= 4 is 23.3 Å². The summed E-state index contributed by atoms with van der Waals surface area (Å²) in [4.78, 5) is 33.3. The molecule has 8 heteroatoms. The van der Waals surface area contributed by atoms with Crippen LogP contribution in [0.5, 0.6) is 5.75 Å². The van der Waals surface area contributed by atoms with Gasteiger partial charge in [-0.15, -0.1) is 0 Å². The van der Waals surface area contributed by atoms with Crippen LogP contribution in [-0.2, 0) is 0 Å². The number of benzene rings is 2. The second-order valence-corrected chi connectivity index (χ2v) is 7.32. The second kappa shape index (κ2) is 9.47. The van der Waals surface area contributed by atoms with Crippen molar-refractivity contribution in [2.24, 2.45) is 0 Å². The highest BCUT2D eigenvalue weighted by molar-refractivity contribution is 6.06. The van der Waals surface area contributed by atoms with Crippen molar-refractivity contribution < 1.29 is 18.7 Å². The molecule has 0 atom stereocenters. The lowest BCUT2D eigenvalue weighted by Gasteiger charge is -2.35. The number of rotatable bonds is 5. The van der Waals surface area contributed by atoms with Crippen LogP contribution in [0.4, 0.5) is 15.9 Å². The Bertz CT molecular complexity index is 1110. The lowest BCUT2D eigenvalue weighted by atomic mass is 10.1. The molecule has 0 saturated carbocycles. The molecule has 1 saturated heterocycles. The van der Waals surface area contributed by atoms with Crippen molar-refractivity contribution in [3.05, 3.63) is 83.8 Å². The third-order valence-electron chi connectivity index (χ3n) is 5.35. The van der Waals surface area contributed by atoms with E-state index < -0.39 is 5.82 Å². The van der Waals surface area contributed by atoms with Gasteiger partial charge in [-0.1, -0.05) is 24.3 Å². The third kappa shape index (κ3) is 4.54. The topological polar surface area (TPSA) is 74.8 Å². The Morgan fingerprint density at radius 2 is 1.62 bits per heavy atom. The molecule has 4 rings (SSSR count). The zero-order valence-corrected chi connectivity index (χ0v) is 17.6. The van der Waals surface area contributed by atoms with Crippen LogP contribution in [0.1, 0.15) is 20.7 Å². The molecule has 1 aromatic heterocycles. The Labute approximate surface area is 185 Å². The number of nitrogens with one attached hydrogen (secondary N) is 1. The summed E-state index contributed by atoms with van der Waals surface area (Å²) in [5.74, 6) is 0.158. The average Bonchev–Trinajstić information content (AvgIpc) is 2.84. The largest absolute Gasteiger partial charge is 0.496 e. The first-order chi connectivity index (χ1) is 15.6. The summed E-state index contributed by atoms with van der Waals surface area (Å²) in [6.45, 7) is 2.11. The molecule has 1 fully saturated rings. The summed E-state index contributed by atoms with van der Waals surface area (Å²) in [6.07, 6.45) is 1.60. The van der Waals surface area contributed by atoms with Crippen molar-refractivity contribution in [2.75, 3.05) is 43.5 Å². The first-order valence-corrected chi connectivity index (χ1v) is 10.3. The van der Waals surface area contributed by atoms with Gasteiger partial charge in [0.05, 0.1) is 30.1 Å². The Morgan fingerprint density at radius 1 is 0.938 bits per heavy atom. The van der Waals surface area contributed by atoms with Crippen LogP contribution in [0.25, 0.3) is 0 Å². The maximum Gasteiger partial charge on any atom is 0.259 e. The number of hydrogen-bond donors (Lipinski definition) is 1. The SMILES string of the molecule is COc1ccccc1C(=O)Nc1ccc(N2CCN(C(=O)c3ccccc3F)CC2)nc1. The highest BCUT2D eigenvalue weighted by Gasteiger charge is 2.24. The van der Waals surface area contributed by atoms with E-state index in [0.29, 0.717) is 43.2 Å². The summed E-state index contributed by atoms with van der Waals surface area (Å²) >= 11 is 0. The van der Waals surface area contributed by atoms with E-state index in [1.54, 1.807) is 53.6 Å². The number of carbonyl (C=O) groups excluding carboxylic acids is 2. The number of aromatic nitrogens is 1. The van der Waals surface area contributed by atoms with Crippen LogP contribution >= 0.6 is 0 Å². The van der Waals surface area contributed by atoms with Gasteiger partial charge in [-0.2, -0.15) is 0 Å². The van der Waals surface area contributed by atoms with Crippen molar-refractivity contribution in [1.29, 1.82) is 0 Å². The van der Waals surface area contributed by atoms with Crippen LogP contribution in [0.3, 0.4) is 0 Å². The number of pyridine rings is 1. The highest BCUT2D eigenvalue weighted by Crippen LogP contribution is 2.21. The Balaban J connectivity index is 1.35. The number of para-hydroxylation sites is 1. The van der Waals surface area contributed by atoms with Gasteiger partial charge in [0, 0.05) is 26.2 Å². The lowest BCUT2D eigenvalue weighted by Crippen LogP contribution is -2.49. The van der Waals surface area contributed by atoms with Crippen molar-refractivity contribution in [2.45, 2.75) is 0 Å². The quantitative estimate of drug-likeness (QED) is 0.666. The van der Waals surface area contributed by atoms with Crippen LogP contribution in [0, 0.1) is 5.82 Å². The molecule has 0 unspecified atom stereocenters. The second-order valence-electron chi connectivity index (χ2n) is 7.32. The molecule has 32 heavy (non-hydrogen) atoms. The fraction of sp³-hybridized carbons (Fsp3) is 0.208. The van der Waals surface area contributed by atoms with E-state index in [1.807, 2.05) is 6.07 Å². The molecule has 1 N–H and O–H groups in total. The summed E-state index contributed by atoms with van der Waals surface area (Å²) < 4.78 is 19.1. The minimum Gasteiger partial charge on any atom is -0.496 e. The first kappa shape index (κ1) is 21.3. The molecule has 3 aromatic rings. The zero-order chi connectivity index (χ0) is 22.5.